The average molecular weight is 333 g/mol. The topological polar surface area (TPSA) is 55.1 Å². The molecule has 0 bridgehead atoms. The summed E-state index contributed by atoms with van der Waals surface area (Å²) in [6.45, 7) is 2.12. The van der Waals surface area contributed by atoms with Gasteiger partial charge in [0.15, 0.2) is 0 Å². The molecular formula is C16H17BrN2O. The summed E-state index contributed by atoms with van der Waals surface area (Å²) in [6, 6.07) is 15.7. The molecule has 0 saturated carbocycles. The third-order valence-corrected chi connectivity index (χ3v) is 3.70. The van der Waals surface area contributed by atoms with Crippen LogP contribution in [0.2, 0.25) is 0 Å². The van der Waals surface area contributed by atoms with E-state index in [0.29, 0.717) is 5.56 Å². The van der Waals surface area contributed by atoms with Crippen molar-refractivity contribution in [3.8, 4) is 0 Å². The Balaban J connectivity index is 2.19. The van der Waals surface area contributed by atoms with Crippen LogP contribution in [0.5, 0.6) is 0 Å². The van der Waals surface area contributed by atoms with Gasteiger partial charge in [0.25, 0.3) is 0 Å². The van der Waals surface area contributed by atoms with Crippen LogP contribution in [0.25, 0.3) is 0 Å². The van der Waals surface area contributed by atoms with Gasteiger partial charge >= 0.3 is 0 Å². The molecule has 20 heavy (non-hydrogen) atoms. The van der Waals surface area contributed by atoms with Gasteiger partial charge in [-0.15, -0.1) is 0 Å². The summed E-state index contributed by atoms with van der Waals surface area (Å²) in [5, 5.41) is 3.44. The molecule has 0 aliphatic rings. The SMILES string of the molecule is CCC(Nc1cccc(C(N)=O)c1)c1ccc(Br)cc1. The maximum Gasteiger partial charge on any atom is 0.248 e. The molecule has 0 saturated heterocycles. The number of hydrogen-bond acceptors (Lipinski definition) is 2. The van der Waals surface area contributed by atoms with Crippen LogP contribution < -0.4 is 11.1 Å². The van der Waals surface area contributed by atoms with Gasteiger partial charge in [0.1, 0.15) is 0 Å². The summed E-state index contributed by atoms with van der Waals surface area (Å²) in [4.78, 5) is 11.2. The highest BCUT2D eigenvalue weighted by Crippen LogP contribution is 2.24. The number of anilines is 1. The van der Waals surface area contributed by atoms with Crippen LogP contribution in [0.3, 0.4) is 0 Å². The first-order chi connectivity index (χ1) is 9.60. The van der Waals surface area contributed by atoms with Gasteiger partial charge in [0.05, 0.1) is 6.04 Å². The number of halogens is 1. The maximum atomic E-state index is 11.2. The van der Waals surface area contributed by atoms with Gasteiger partial charge in [-0.1, -0.05) is 41.1 Å². The Morgan fingerprint density at radius 3 is 2.55 bits per heavy atom. The minimum absolute atomic E-state index is 0.200. The predicted molar refractivity (Wildman–Crippen MR) is 85.8 cm³/mol. The molecule has 3 N–H and O–H groups in total. The third kappa shape index (κ3) is 3.61. The van der Waals surface area contributed by atoms with Gasteiger partial charge in [-0.3, -0.25) is 4.79 Å². The van der Waals surface area contributed by atoms with E-state index in [1.54, 1.807) is 12.1 Å². The number of carbonyl (C=O) groups is 1. The van der Waals surface area contributed by atoms with Crippen molar-refractivity contribution in [2.75, 3.05) is 5.32 Å². The van der Waals surface area contributed by atoms with Crippen LogP contribution >= 0.6 is 15.9 Å². The van der Waals surface area contributed by atoms with Crippen LogP contribution in [-0.4, -0.2) is 5.91 Å². The fourth-order valence-corrected chi connectivity index (χ4v) is 2.34. The third-order valence-electron chi connectivity index (χ3n) is 3.17. The van der Waals surface area contributed by atoms with E-state index < -0.39 is 5.91 Å². The Morgan fingerprint density at radius 2 is 1.95 bits per heavy atom. The summed E-state index contributed by atoms with van der Waals surface area (Å²) in [6.07, 6.45) is 0.947. The van der Waals surface area contributed by atoms with Gasteiger partial charge in [-0.2, -0.15) is 0 Å². The molecule has 0 aromatic heterocycles. The van der Waals surface area contributed by atoms with Crippen molar-refractivity contribution in [3.63, 3.8) is 0 Å². The molecule has 4 heteroatoms. The lowest BCUT2D eigenvalue weighted by Crippen LogP contribution is -2.13. The van der Waals surface area contributed by atoms with Crippen molar-refractivity contribution in [2.45, 2.75) is 19.4 Å². The highest BCUT2D eigenvalue weighted by molar-refractivity contribution is 9.10. The van der Waals surface area contributed by atoms with Gasteiger partial charge in [0.2, 0.25) is 5.91 Å². The number of benzene rings is 2. The number of hydrogen-bond donors (Lipinski definition) is 2. The molecular weight excluding hydrogens is 316 g/mol. The number of primary amides is 1. The Kier molecular flexibility index (Phi) is 4.79. The minimum atomic E-state index is -0.412. The van der Waals surface area contributed by atoms with E-state index in [-0.39, 0.29) is 6.04 Å². The van der Waals surface area contributed by atoms with Gasteiger partial charge in [-0.25, -0.2) is 0 Å². The number of carbonyl (C=O) groups excluding carboxylic acids is 1. The molecule has 1 unspecified atom stereocenters. The van der Waals surface area contributed by atoms with Crippen LogP contribution in [0.15, 0.2) is 53.0 Å². The Bertz CT molecular complexity index is 596. The molecule has 0 aliphatic heterocycles. The lowest BCUT2D eigenvalue weighted by molar-refractivity contribution is 0.100. The fourth-order valence-electron chi connectivity index (χ4n) is 2.08. The first-order valence-corrected chi connectivity index (χ1v) is 7.31. The normalized spacial score (nSPS) is 11.9. The van der Waals surface area contributed by atoms with Gasteiger partial charge in [0, 0.05) is 15.7 Å². The second-order valence-corrected chi connectivity index (χ2v) is 5.52. The summed E-state index contributed by atoms with van der Waals surface area (Å²) in [5.41, 5.74) is 7.92. The number of amides is 1. The molecule has 0 aliphatic carbocycles. The van der Waals surface area contributed by atoms with Gasteiger partial charge in [-0.05, 0) is 42.3 Å². The van der Waals surface area contributed by atoms with E-state index in [4.69, 9.17) is 5.73 Å². The second kappa shape index (κ2) is 6.57. The molecule has 104 valence electrons. The Morgan fingerprint density at radius 1 is 1.25 bits per heavy atom. The highest BCUT2D eigenvalue weighted by atomic mass is 79.9. The van der Waals surface area contributed by atoms with Crippen LogP contribution in [0.1, 0.15) is 35.3 Å². The average Bonchev–Trinajstić information content (AvgIpc) is 2.46. The van der Waals surface area contributed by atoms with Crippen molar-refractivity contribution in [1.29, 1.82) is 0 Å². The highest BCUT2D eigenvalue weighted by Gasteiger charge is 2.10. The number of nitrogens with two attached hydrogens (primary N) is 1. The first kappa shape index (κ1) is 14.6. The zero-order valence-electron chi connectivity index (χ0n) is 11.3. The van der Waals surface area contributed by atoms with Gasteiger partial charge < -0.3 is 11.1 Å². The molecule has 0 radical (unpaired) electrons. The van der Waals surface area contributed by atoms with Crippen molar-refractivity contribution in [3.05, 3.63) is 64.1 Å². The molecule has 0 fully saturated rings. The van der Waals surface area contributed by atoms with Crippen molar-refractivity contribution in [2.24, 2.45) is 5.73 Å². The monoisotopic (exact) mass is 332 g/mol. The molecule has 2 rings (SSSR count). The molecule has 0 heterocycles. The van der Waals surface area contributed by atoms with E-state index in [1.165, 1.54) is 5.56 Å². The molecule has 2 aromatic rings. The van der Waals surface area contributed by atoms with E-state index >= 15 is 0 Å². The Hall–Kier alpha value is -1.81. The van der Waals surface area contributed by atoms with E-state index in [2.05, 4.69) is 40.3 Å². The zero-order chi connectivity index (χ0) is 14.5. The second-order valence-electron chi connectivity index (χ2n) is 4.60. The smallest absolute Gasteiger partial charge is 0.248 e. The van der Waals surface area contributed by atoms with E-state index in [0.717, 1.165) is 16.6 Å². The summed E-state index contributed by atoms with van der Waals surface area (Å²) in [7, 11) is 0. The predicted octanol–water partition coefficient (Wildman–Crippen LogP) is 4.11. The summed E-state index contributed by atoms with van der Waals surface area (Å²) in [5.74, 6) is -0.412. The molecule has 1 atom stereocenters. The number of rotatable bonds is 5. The maximum absolute atomic E-state index is 11.2. The first-order valence-electron chi connectivity index (χ1n) is 6.52. The van der Waals surface area contributed by atoms with Crippen molar-refractivity contribution in [1.82, 2.24) is 0 Å². The zero-order valence-corrected chi connectivity index (χ0v) is 12.9. The summed E-state index contributed by atoms with van der Waals surface area (Å²) < 4.78 is 1.06. The lowest BCUT2D eigenvalue weighted by atomic mass is 10.0. The molecule has 1 amide bonds. The standard InChI is InChI=1S/C16H17BrN2O/c1-2-15(11-6-8-13(17)9-7-11)19-14-5-3-4-12(10-14)16(18)20/h3-10,15,19H,2H2,1H3,(H2,18,20). The largest absolute Gasteiger partial charge is 0.378 e. The summed E-state index contributed by atoms with van der Waals surface area (Å²) >= 11 is 3.44. The van der Waals surface area contributed by atoms with E-state index in [9.17, 15) is 4.79 Å². The fraction of sp³-hybridized carbons (Fsp3) is 0.188. The van der Waals surface area contributed by atoms with Crippen LogP contribution in [0.4, 0.5) is 5.69 Å². The molecule has 0 spiro atoms. The minimum Gasteiger partial charge on any atom is -0.378 e. The lowest BCUT2D eigenvalue weighted by Gasteiger charge is -2.19. The number of nitrogens with one attached hydrogen (secondary N) is 1. The van der Waals surface area contributed by atoms with Crippen LogP contribution in [0, 0.1) is 0 Å². The quantitative estimate of drug-likeness (QED) is 0.865. The molecule has 2 aromatic carbocycles. The van der Waals surface area contributed by atoms with Crippen molar-refractivity contribution < 1.29 is 4.79 Å². The molecule has 3 nitrogen and oxygen atoms in total. The van der Waals surface area contributed by atoms with Crippen molar-refractivity contribution >= 4 is 27.5 Å². The Labute approximate surface area is 127 Å². The van der Waals surface area contributed by atoms with E-state index in [1.807, 2.05) is 24.3 Å². The van der Waals surface area contributed by atoms with Crippen LogP contribution in [-0.2, 0) is 0 Å².